The van der Waals surface area contributed by atoms with E-state index in [1.165, 1.54) is 6.07 Å². The van der Waals surface area contributed by atoms with Gasteiger partial charge in [0.05, 0.1) is 0 Å². The van der Waals surface area contributed by atoms with E-state index >= 15 is 0 Å². The zero-order valence-corrected chi connectivity index (χ0v) is 8.84. The molecule has 0 aliphatic rings. The number of hydrogen-bond acceptors (Lipinski definition) is 4. The van der Waals surface area contributed by atoms with Gasteiger partial charge in [-0.2, -0.15) is 0 Å². The maximum absolute atomic E-state index is 10.7. The van der Waals surface area contributed by atoms with Crippen molar-refractivity contribution in [1.29, 1.82) is 0 Å². The lowest BCUT2D eigenvalue weighted by molar-refractivity contribution is -0.138. The first-order valence-corrected chi connectivity index (χ1v) is 5.00. The number of carboxylic acids is 1. The predicted molar refractivity (Wildman–Crippen MR) is 60.9 cm³/mol. The van der Waals surface area contributed by atoms with E-state index in [2.05, 4.69) is 4.98 Å². The number of phenols is 2. The normalized spacial score (nSPS) is 12.8. The highest BCUT2D eigenvalue weighted by Crippen LogP contribution is 2.35. The van der Waals surface area contributed by atoms with Gasteiger partial charge in [0.25, 0.3) is 0 Å². The summed E-state index contributed by atoms with van der Waals surface area (Å²) in [5.41, 5.74) is 6.61. The number of hydrogen-bond donors (Lipinski definition) is 5. The van der Waals surface area contributed by atoms with Gasteiger partial charge < -0.3 is 26.0 Å². The number of aromatic hydroxyl groups is 2. The zero-order valence-electron chi connectivity index (χ0n) is 8.84. The minimum Gasteiger partial charge on any atom is -0.504 e. The van der Waals surface area contributed by atoms with Crippen molar-refractivity contribution in [3.8, 4) is 11.5 Å². The number of phenolic OH excluding ortho intramolecular Hbond substituents is 2. The predicted octanol–water partition coefficient (Wildman–Crippen LogP) is 0.534. The molecule has 0 bridgehead atoms. The fourth-order valence-electron chi connectivity index (χ4n) is 1.75. The average molecular weight is 236 g/mol. The Morgan fingerprint density at radius 1 is 1.41 bits per heavy atom. The molecule has 0 unspecified atom stereocenters. The van der Waals surface area contributed by atoms with Gasteiger partial charge in [-0.05, 0) is 17.7 Å². The molecular weight excluding hydrogens is 224 g/mol. The first-order valence-electron chi connectivity index (χ1n) is 5.00. The van der Waals surface area contributed by atoms with Crippen LogP contribution in [0.5, 0.6) is 11.5 Å². The van der Waals surface area contributed by atoms with Crippen molar-refractivity contribution in [2.45, 2.75) is 12.5 Å². The van der Waals surface area contributed by atoms with E-state index in [-0.39, 0.29) is 17.9 Å². The molecule has 2 rings (SSSR count). The molecule has 0 spiro atoms. The molecule has 1 atom stereocenters. The van der Waals surface area contributed by atoms with E-state index in [9.17, 15) is 15.0 Å². The second kappa shape index (κ2) is 3.99. The van der Waals surface area contributed by atoms with Crippen LogP contribution < -0.4 is 5.73 Å². The third kappa shape index (κ3) is 1.90. The second-order valence-corrected chi connectivity index (χ2v) is 3.82. The van der Waals surface area contributed by atoms with E-state index < -0.39 is 12.0 Å². The third-order valence-corrected chi connectivity index (χ3v) is 2.64. The molecule has 1 heterocycles. The van der Waals surface area contributed by atoms with Crippen molar-refractivity contribution in [2.24, 2.45) is 5.73 Å². The molecule has 0 radical (unpaired) electrons. The summed E-state index contributed by atoms with van der Waals surface area (Å²) in [7, 11) is 0. The van der Waals surface area contributed by atoms with Crippen LogP contribution in [0.25, 0.3) is 10.9 Å². The molecule has 0 aliphatic carbocycles. The van der Waals surface area contributed by atoms with Crippen LogP contribution in [0.2, 0.25) is 0 Å². The highest BCUT2D eigenvalue weighted by atomic mass is 16.4. The van der Waals surface area contributed by atoms with Gasteiger partial charge in [-0.3, -0.25) is 4.79 Å². The Hall–Kier alpha value is -2.21. The number of H-pyrrole nitrogens is 1. The van der Waals surface area contributed by atoms with E-state index in [1.54, 1.807) is 12.3 Å². The Balaban J connectivity index is 2.48. The molecule has 17 heavy (non-hydrogen) atoms. The smallest absolute Gasteiger partial charge is 0.320 e. The molecule has 0 aliphatic heterocycles. The molecule has 6 N–H and O–H groups in total. The van der Waals surface area contributed by atoms with Crippen LogP contribution in [0.4, 0.5) is 0 Å². The van der Waals surface area contributed by atoms with E-state index in [1.807, 2.05) is 0 Å². The fourth-order valence-corrected chi connectivity index (χ4v) is 1.75. The number of fused-ring (bicyclic) bond motifs is 1. The van der Waals surface area contributed by atoms with Crippen molar-refractivity contribution < 1.29 is 20.1 Å². The SMILES string of the molecule is N[C@@H](Cc1c[nH]c2ccc(O)c(O)c12)C(=O)O. The van der Waals surface area contributed by atoms with E-state index in [0.29, 0.717) is 16.5 Å². The van der Waals surface area contributed by atoms with Crippen LogP contribution in [0.3, 0.4) is 0 Å². The van der Waals surface area contributed by atoms with Crippen molar-refractivity contribution in [3.05, 3.63) is 23.9 Å². The maximum Gasteiger partial charge on any atom is 0.320 e. The van der Waals surface area contributed by atoms with Crippen molar-refractivity contribution in [2.75, 3.05) is 0 Å². The molecule has 6 heteroatoms. The summed E-state index contributed by atoms with van der Waals surface area (Å²) >= 11 is 0. The van der Waals surface area contributed by atoms with Crippen molar-refractivity contribution in [3.63, 3.8) is 0 Å². The molecule has 90 valence electrons. The van der Waals surface area contributed by atoms with Crippen molar-refractivity contribution >= 4 is 16.9 Å². The molecular formula is C11H12N2O4. The number of aliphatic carboxylic acids is 1. The first kappa shape index (κ1) is 11.3. The molecule has 2 aromatic rings. The van der Waals surface area contributed by atoms with Gasteiger partial charge in [0.2, 0.25) is 0 Å². The minimum atomic E-state index is -1.11. The van der Waals surface area contributed by atoms with Gasteiger partial charge in [0, 0.05) is 23.5 Å². The largest absolute Gasteiger partial charge is 0.504 e. The van der Waals surface area contributed by atoms with Gasteiger partial charge in [-0.15, -0.1) is 0 Å². The number of nitrogens with two attached hydrogens (primary N) is 1. The minimum absolute atomic E-state index is 0.0757. The summed E-state index contributed by atoms with van der Waals surface area (Å²) in [6.07, 6.45) is 1.65. The lowest BCUT2D eigenvalue weighted by Gasteiger charge is -2.06. The topological polar surface area (TPSA) is 120 Å². The summed E-state index contributed by atoms with van der Waals surface area (Å²) in [5, 5.41) is 28.2. The van der Waals surface area contributed by atoms with Gasteiger partial charge in [0.15, 0.2) is 11.5 Å². The molecule has 1 aromatic heterocycles. The Bertz CT molecular complexity index is 576. The monoisotopic (exact) mass is 236 g/mol. The van der Waals surface area contributed by atoms with Crippen LogP contribution >= 0.6 is 0 Å². The number of aromatic nitrogens is 1. The Morgan fingerprint density at radius 2 is 2.12 bits per heavy atom. The third-order valence-electron chi connectivity index (χ3n) is 2.64. The lowest BCUT2D eigenvalue weighted by Crippen LogP contribution is -2.32. The molecule has 1 aromatic carbocycles. The molecule has 6 nitrogen and oxygen atoms in total. The average Bonchev–Trinajstić information content (AvgIpc) is 2.67. The van der Waals surface area contributed by atoms with Gasteiger partial charge in [-0.1, -0.05) is 0 Å². The van der Waals surface area contributed by atoms with Crippen LogP contribution in [0.15, 0.2) is 18.3 Å². The quantitative estimate of drug-likeness (QED) is 0.498. The van der Waals surface area contributed by atoms with Gasteiger partial charge >= 0.3 is 5.97 Å². The highest BCUT2D eigenvalue weighted by Gasteiger charge is 2.17. The number of carboxylic acid groups (broad SMARTS) is 1. The number of nitrogens with one attached hydrogen (secondary N) is 1. The van der Waals surface area contributed by atoms with E-state index in [0.717, 1.165) is 0 Å². The van der Waals surface area contributed by atoms with Crippen LogP contribution in [-0.4, -0.2) is 32.3 Å². The first-order chi connectivity index (χ1) is 8.00. The molecule has 0 fully saturated rings. The summed E-state index contributed by atoms with van der Waals surface area (Å²) < 4.78 is 0. The Kier molecular flexibility index (Phi) is 2.64. The maximum atomic E-state index is 10.7. The van der Waals surface area contributed by atoms with E-state index in [4.69, 9.17) is 10.8 Å². The second-order valence-electron chi connectivity index (χ2n) is 3.82. The molecule has 0 saturated carbocycles. The van der Waals surface area contributed by atoms with Crippen molar-refractivity contribution in [1.82, 2.24) is 4.98 Å². The van der Waals surface area contributed by atoms with Gasteiger partial charge in [0.1, 0.15) is 6.04 Å². The number of carbonyl (C=O) groups is 1. The number of benzene rings is 1. The Morgan fingerprint density at radius 3 is 2.76 bits per heavy atom. The molecule has 0 saturated heterocycles. The highest BCUT2D eigenvalue weighted by molar-refractivity contribution is 5.91. The summed E-state index contributed by atoms with van der Waals surface area (Å²) in [5.74, 6) is -1.63. The summed E-state index contributed by atoms with van der Waals surface area (Å²) in [6.45, 7) is 0. The number of aromatic amines is 1. The number of rotatable bonds is 3. The molecule has 0 amide bonds. The van der Waals surface area contributed by atoms with Crippen LogP contribution in [-0.2, 0) is 11.2 Å². The lowest BCUT2D eigenvalue weighted by atomic mass is 10.0. The fraction of sp³-hybridized carbons (Fsp3) is 0.182. The van der Waals surface area contributed by atoms with Gasteiger partial charge in [-0.25, -0.2) is 0 Å². The van der Waals surface area contributed by atoms with Crippen LogP contribution in [0, 0.1) is 0 Å². The van der Waals surface area contributed by atoms with Crippen LogP contribution in [0.1, 0.15) is 5.56 Å². The zero-order chi connectivity index (χ0) is 12.6. The Labute approximate surface area is 96.3 Å². The standard InChI is InChI=1S/C11H12N2O4/c12-6(11(16)17)3-5-4-13-7-1-2-8(14)10(15)9(5)7/h1-2,4,6,13-15H,3,12H2,(H,16,17)/t6-/m0/s1. The summed E-state index contributed by atoms with van der Waals surface area (Å²) in [6, 6.07) is 1.91. The summed E-state index contributed by atoms with van der Waals surface area (Å²) in [4.78, 5) is 13.5.